The summed E-state index contributed by atoms with van der Waals surface area (Å²) in [7, 11) is 0. The number of anilines is 2. The second-order valence-corrected chi connectivity index (χ2v) is 7.92. The lowest BCUT2D eigenvalue weighted by molar-refractivity contribution is 0.277. The van der Waals surface area contributed by atoms with Crippen LogP contribution in [0.3, 0.4) is 0 Å². The van der Waals surface area contributed by atoms with Gasteiger partial charge in [-0.05, 0) is 55.3 Å². The fourth-order valence-electron chi connectivity index (χ4n) is 3.89. The van der Waals surface area contributed by atoms with Crippen LogP contribution in [0.5, 0.6) is 11.5 Å². The number of allylic oxidation sites excluding steroid dienone is 1. The van der Waals surface area contributed by atoms with Crippen molar-refractivity contribution in [3.8, 4) is 11.5 Å². The van der Waals surface area contributed by atoms with Crippen molar-refractivity contribution in [3.63, 3.8) is 0 Å². The van der Waals surface area contributed by atoms with Crippen LogP contribution in [0.2, 0.25) is 0 Å². The Bertz CT molecular complexity index is 1140. The maximum Gasteiger partial charge on any atom is 0.141 e. The quantitative estimate of drug-likeness (QED) is 0.342. The average molecular weight is 441 g/mol. The predicted molar refractivity (Wildman–Crippen MR) is 133 cm³/mol. The minimum atomic E-state index is 0.151. The summed E-state index contributed by atoms with van der Waals surface area (Å²) in [6.07, 6.45) is 5.22. The molecule has 1 aromatic heterocycles. The highest BCUT2D eigenvalue weighted by Gasteiger charge is 2.23. The second-order valence-electron chi connectivity index (χ2n) is 7.92. The molecule has 3 aromatic rings. The topological polar surface area (TPSA) is 100 Å². The molecule has 0 saturated carbocycles. The molecule has 0 aliphatic carbocycles. The van der Waals surface area contributed by atoms with Gasteiger partial charge in [0.1, 0.15) is 29.5 Å². The van der Waals surface area contributed by atoms with Gasteiger partial charge in [-0.3, -0.25) is 5.41 Å². The first-order valence-electron chi connectivity index (χ1n) is 10.9. The number of rotatable bonds is 8. The molecule has 168 valence electrons. The van der Waals surface area contributed by atoms with Crippen molar-refractivity contribution in [1.29, 1.82) is 5.41 Å². The lowest BCUT2D eigenvalue weighted by atomic mass is 10.0. The van der Waals surface area contributed by atoms with E-state index in [1.54, 1.807) is 6.08 Å². The largest absolute Gasteiger partial charge is 0.457 e. The molecule has 33 heavy (non-hydrogen) atoms. The molecule has 0 spiro atoms. The average Bonchev–Trinajstić information content (AvgIpc) is 2.84. The second kappa shape index (κ2) is 9.99. The highest BCUT2D eigenvalue weighted by molar-refractivity contribution is 6.16. The van der Waals surface area contributed by atoms with Crippen LogP contribution in [0.1, 0.15) is 24.0 Å². The van der Waals surface area contributed by atoms with Gasteiger partial charge in [0.05, 0.1) is 11.3 Å². The Hall–Kier alpha value is -4.13. The summed E-state index contributed by atoms with van der Waals surface area (Å²) in [5, 5.41) is 12.3. The van der Waals surface area contributed by atoms with Gasteiger partial charge in [-0.15, -0.1) is 0 Å². The zero-order valence-electron chi connectivity index (χ0n) is 18.5. The van der Waals surface area contributed by atoms with Gasteiger partial charge in [0.15, 0.2) is 0 Å². The van der Waals surface area contributed by atoms with Gasteiger partial charge in [0, 0.05) is 30.4 Å². The number of benzene rings is 2. The third-order valence-electron chi connectivity index (χ3n) is 5.65. The number of hydrogen-bond donors (Lipinski definition) is 3. The summed E-state index contributed by atoms with van der Waals surface area (Å²) < 4.78 is 5.85. The number of hydrogen-bond acceptors (Lipinski definition) is 7. The monoisotopic (exact) mass is 440 g/mol. The number of nitrogens with two attached hydrogens (primary N) is 1. The van der Waals surface area contributed by atoms with Gasteiger partial charge in [0.2, 0.25) is 0 Å². The lowest BCUT2D eigenvalue weighted by Crippen LogP contribution is -2.41. The number of aromatic nitrogens is 2. The molecule has 2 aromatic carbocycles. The normalized spacial score (nSPS) is 15.5. The number of likely N-dealkylation sites (tertiary alicyclic amines) is 1. The highest BCUT2D eigenvalue weighted by Crippen LogP contribution is 2.27. The van der Waals surface area contributed by atoms with Crippen LogP contribution >= 0.6 is 0 Å². The first-order valence-corrected chi connectivity index (χ1v) is 10.9. The van der Waals surface area contributed by atoms with Crippen molar-refractivity contribution in [1.82, 2.24) is 14.9 Å². The van der Waals surface area contributed by atoms with Gasteiger partial charge >= 0.3 is 0 Å². The van der Waals surface area contributed by atoms with Crippen LogP contribution in [0.4, 0.5) is 11.6 Å². The molecule has 0 radical (unpaired) electrons. The third-order valence-corrected chi connectivity index (χ3v) is 5.65. The van der Waals surface area contributed by atoms with Crippen LogP contribution in [0.15, 0.2) is 85.9 Å². The van der Waals surface area contributed by atoms with E-state index in [0.29, 0.717) is 22.7 Å². The van der Waals surface area contributed by atoms with E-state index < -0.39 is 0 Å². The molecule has 0 bridgehead atoms. The van der Waals surface area contributed by atoms with E-state index in [1.165, 1.54) is 6.33 Å². The summed E-state index contributed by atoms with van der Waals surface area (Å²) >= 11 is 0. The Morgan fingerprint density at radius 1 is 1.12 bits per heavy atom. The van der Waals surface area contributed by atoms with Crippen LogP contribution in [-0.2, 0) is 0 Å². The molecule has 7 nitrogen and oxygen atoms in total. The van der Waals surface area contributed by atoms with Gasteiger partial charge in [-0.25, -0.2) is 9.97 Å². The number of nitrogen functional groups attached to an aromatic ring is 1. The van der Waals surface area contributed by atoms with E-state index in [1.807, 2.05) is 54.6 Å². The molecular formula is C26H28N6O. The zero-order chi connectivity index (χ0) is 23.2. The predicted octanol–water partition coefficient (Wildman–Crippen LogP) is 4.84. The Balaban J connectivity index is 1.52. The smallest absolute Gasteiger partial charge is 0.141 e. The molecule has 7 heteroatoms. The Labute approximate surface area is 194 Å². The van der Waals surface area contributed by atoms with E-state index in [-0.39, 0.29) is 17.6 Å². The Morgan fingerprint density at radius 3 is 2.58 bits per heavy atom. The van der Waals surface area contributed by atoms with Gasteiger partial charge < -0.3 is 20.7 Å². The lowest BCUT2D eigenvalue weighted by Gasteiger charge is -2.35. The van der Waals surface area contributed by atoms with E-state index in [9.17, 15) is 0 Å². The summed E-state index contributed by atoms with van der Waals surface area (Å²) in [5.41, 5.74) is 8.56. The van der Waals surface area contributed by atoms with Crippen LogP contribution < -0.4 is 15.8 Å². The van der Waals surface area contributed by atoms with Crippen molar-refractivity contribution < 1.29 is 4.74 Å². The van der Waals surface area contributed by atoms with Crippen LogP contribution in [-0.4, -0.2) is 39.7 Å². The number of nitrogens with one attached hydrogen (secondary N) is 2. The first-order chi connectivity index (χ1) is 16.0. The van der Waals surface area contributed by atoms with Crippen LogP contribution in [0, 0.1) is 5.41 Å². The maximum absolute atomic E-state index is 8.82. The Kier molecular flexibility index (Phi) is 6.69. The number of nitrogens with zero attached hydrogens (tertiary/aromatic N) is 3. The fraction of sp³-hybridized carbons (Fsp3) is 0.192. The minimum Gasteiger partial charge on any atom is -0.457 e. The van der Waals surface area contributed by atoms with Gasteiger partial charge in [-0.2, -0.15) is 0 Å². The van der Waals surface area contributed by atoms with Crippen molar-refractivity contribution in [2.24, 2.45) is 0 Å². The number of ether oxygens (including phenoxy) is 1. The SMILES string of the molecule is C=CC(=C)N1CCCC(Nc2ncnc(N)c2C(=N)c2ccc(Oc3ccccc3)cc2)C1. The molecule has 4 rings (SSSR count). The fourth-order valence-corrected chi connectivity index (χ4v) is 3.89. The molecule has 1 unspecified atom stereocenters. The van der Waals surface area contributed by atoms with Crippen molar-refractivity contribution in [2.75, 3.05) is 24.1 Å². The van der Waals surface area contributed by atoms with E-state index in [2.05, 4.69) is 33.3 Å². The minimum absolute atomic E-state index is 0.151. The summed E-state index contributed by atoms with van der Waals surface area (Å²) in [5.74, 6) is 2.28. The molecule has 0 amide bonds. The van der Waals surface area contributed by atoms with Crippen molar-refractivity contribution in [2.45, 2.75) is 18.9 Å². The van der Waals surface area contributed by atoms with Crippen molar-refractivity contribution in [3.05, 3.63) is 97.0 Å². The summed E-state index contributed by atoms with van der Waals surface area (Å²) in [6, 6.07) is 17.1. The molecule has 1 fully saturated rings. The zero-order valence-corrected chi connectivity index (χ0v) is 18.5. The molecule has 4 N–H and O–H groups in total. The van der Waals surface area contributed by atoms with Crippen LogP contribution in [0.25, 0.3) is 0 Å². The molecule has 2 heterocycles. The van der Waals surface area contributed by atoms with E-state index >= 15 is 0 Å². The highest BCUT2D eigenvalue weighted by atomic mass is 16.5. The summed E-state index contributed by atoms with van der Waals surface area (Å²) in [4.78, 5) is 10.8. The molecule has 1 aliphatic heterocycles. The van der Waals surface area contributed by atoms with E-state index in [4.69, 9.17) is 15.9 Å². The van der Waals surface area contributed by atoms with Gasteiger partial charge in [0.25, 0.3) is 0 Å². The third kappa shape index (κ3) is 5.20. The summed E-state index contributed by atoms with van der Waals surface area (Å²) in [6.45, 7) is 9.62. The number of para-hydroxylation sites is 1. The molecule has 1 aliphatic rings. The maximum atomic E-state index is 8.82. The van der Waals surface area contributed by atoms with Crippen molar-refractivity contribution >= 4 is 17.3 Å². The first kappa shape index (κ1) is 22.1. The molecular weight excluding hydrogens is 412 g/mol. The van der Waals surface area contributed by atoms with E-state index in [0.717, 1.165) is 37.4 Å². The standard InChI is InChI=1S/C26H28N6O/c1-3-18(2)32-15-7-8-20(16-32)31-26-23(25(28)29-17-30-26)24(27)19-11-13-22(14-12-19)33-21-9-5-4-6-10-21/h3-6,9-14,17,20,27H,1-2,7-8,15-16H2,(H3,28,29,30,31). The van der Waals surface area contributed by atoms with Gasteiger partial charge in [-0.1, -0.05) is 31.4 Å². The Morgan fingerprint density at radius 2 is 1.85 bits per heavy atom. The number of piperidine rings is 1. The molecule has 1 atom stereocenters. The molecule has 1 saturated heterocycles.